The highest BCUT2D eigenvalue weighted by atomic mass is 35.5. The highest BCUT2D eigenvalue weighted by Gasteiger charge is 2.31. The lowest BCUT2D eigenvalue weighted by Gasteiger charge is -2.32. The molecule has 3 heterocycles. The summed E-state index contributed by atoms with van der Waals surface area (Å²) in [6.45, 7) is 5.00. The van der Waals surface area contributed by atoms with Crippen LogP contribution in [0.15, 0.2) is 60.8 Å². The molecule has 0 bridgehead atoms. The van der Waals surface area contributed by atoms with Crippen LogP contribution in [-0.4, -0.2) is 58.9 Å². The van der Waals surface area contributed by atoms with Crippen molar-refractivity contribution in [1.29, 1.82) is 0 Å². The number of hydrogen-bond donors (Lipinski definition) is 2. The maximum Gasteiger partial charge on any atom is 0.573 e. The van der Waals surface area contributed by atoms with Gasteiger partial charge in [0, 0.05) is 48.7 Å². The van der Waals surface area contributed by atoms with E-state index in [2.05, 4.69) is 31.8 Å². The standard InChI is InChI=1S/C31H33F3N4O4.2ClH/c1-20-3-2-14-38(20)19-24-17-28(35-18-27(24)21-6-10-26(11-7-21)42-31(32,33)34)36-29(39)22-4-8-25(9-5-22)37-15-12-23(13-16-37)30(40)41;;/h4-11,17-18,20,23H,2-3,12-16,19H2,1H3,(H,40,41)(H,35,36,39);2*1H. The van der Waals surface area contributed by atoms with E-state index in [1.165, 1.54) is 12.1 Å². The van der Waals surface area contributed by atoms with Crippen molar-refractivity contribution in [2.45, 2.75) is 51.6 Å². The van der Waals surface area contributed by atoms with Crippen molar-refractivity contribution >= 4 is 48.2 Å². The van der Waals surface area contributed by atoms with Crippen molar-refractivity contribution in [3.05, 3.63) is 71.9 Å². The van der Waals surface area contributed by atoms with E-state index in [0.29, 0.717) is 55.5 Å². The molecular weight excluding hydrogens is 620 g/mol. The first kappa shape index (κ1) is 34.9. The van der Waals surface area contributed by atoms with Crippen LogP contribution in [-0.2, 0) is 11.3 Å². The van der Waals surface area contributed by atoms with Crippen molar-refractivity contribution in [2.75, 3.05) is 29.9 Å². The Morgan fingerprint density at radius 3 is 2.23 bits per heavy atom. The van der Waals surface area contributed by atoms with Gasteiger partial charge in [0.1, 0.15) is 11.6 Å². The number of piperidine rings is 1. The number of amides is 1. The van der Waals surface area contributed by atoms with E-state index >= 15 is 0 Å². The van der Waals surface area contributed by atoms with E-state index in [9.17, 15) is 27.9 Å². The fourth-order valence-electron chi connectivity index (χ4n) is 5.64. The quantitative estimate of drug-likeness (QED) is 0.269. The lowest BCUT2D eigenvalue weighted by atomic mass is 9.96. The SMILES string of the molecule is CC1CCCN1Cc1cc(NC(=O)c2ccc(N3CCC(C(=O)O)CC3)cc2)ncc1-c1ccc(OC(F)(F)F)cc1.Cl.Cl. The van der Waals surface area contributed by atoms with Crippen LogP contribution in [0, 0.1) is 5.92 Å². The number of carbonyl (C=O) groups excluding carboxylic acids is 1. The minimum Gasteiger partial charge on any atom is -0.481 e. The molecule has 238 valence electrons. The second-order valence-electron chi connectivity index (χ2n) is 10.9. The van der Waals surface area contributed by atoms with Gasteiger partial charge in [-0.25, -0.2) is 4.98 Å². The van der Waals surface area contributed by atoms with Crippen molar-refractivity contribution < 1.29 is 32.6 Å². The molecule has 0 radical (unpaired) electrons. The molecule has 1 unspecified atom stereocenters. The molecule has 1 atom stereocenters. The average Bonchev–Trinajstić information content (AvgIpc) is 3.37. The van der Waals surface area contributed by atoms with Crippen LogP contribution in [0.4, 0.5) is 24.7 Å². The van der Waals surface area contributed by atoms with E-state index in [-0.39, 0.29) is 42.4 Å². The first-order valence-electron chi connectivity index (χ1n) is 14.0. The summed E-state index contributed by atoms with van der Waals surface area (Å²) in [6, 6.07) is 15.1. The molecule has 8 nitrogen and oxygen atoms in total. The molecule has 0 aliphatic carbocycles. The predicted molar refractivity (Wildman–Crippen MR) is 167 cm³/mol. The number of pyridine rings is 1. The summed E-state index contributed by atoms with van der Waals surface area (Å²) in [5.74, 6) is -1.31. The van der Waals surface area contributed by atoms with E-state index < -0.39 is 12.3 Å². The van der Waals surface area contributed by atoms with Crippen LogP contribution in [0.3, 0.4) is 0 Å². The molecule has 2 saturated heterocycles. The number of hydrogen-bond acceptors (Lipinski definition) is 6. The molecule has 13 heteroatoms. The summed E-state index contributed by atoms with van der Waals surface area (Å²) in [5, 5.41) is 12.1. The summed E-state index contributed by atoms with van der Waals surface area (Å²) < 4.78 is 41.9. The van der Waals surface area contributed by atoms with Gasteiger partial charge in [0.2, 0.25) is 0 Å². The van der Waals surface area contributed by atoms with Crippen LogP contribution in [0.25, 0.3) is 11.1 Å². The van der Waals surface area contributed by atoms with Gasteiger partial charge in [0.05, 0.1) is 5.92 Å². The lowest BCUT2D eigenvalue weighted by Crippen LogP contribution is -2.36. The second kappa shape index (κ2) is 15.0. The topological polar surface area (TPSA) is 95.0 Å². The van der Waals surface area contributed by atoms with Gasteiger partial charge >= 0.3 is 12.3 Å². The van der Waals surface area contributed by atoms with Gasteiger partial charge in [0.25, 0.3) is 5.91 Å². The number of likely N-dealkylation sites (tertiary alicyclic amines) is 1. The summed E-state index contributed by atoms with van der Waals surface area (Å²) in [5.41, 5.74) is 3.76. The zero-order valence-corrected chi connectivity index (χ0v) is 25.7. The number of anilines is 2. The van der Waals surface area contributed by atoms with Gasteiger partial charge in [-0.15, -0.1) is 38.0 Å². The van der Waals surface area contributed by atoms with Gasteiger partial charge in [-0.3, -0.25) is 14.5 Å². The zero-order valence-electron chi connectivity index (χ0n) is 24.0. The Morgan fingerprint density at radius 1 is 1.00 bits per heavy atom. The number of alkyl halides is 3. The predicted octanol–water partition coefficient (Wildman–Crippen LogP) is 7.03. The molecule has 3 aromatic rings. The minimum atomic E-state index is -4.76. The lowest BCUT2D eigenvalue weighted by molar-refractivity contribution is -0.274. The number of carboxylic acids is 1. The highest BCUT2D eigenvalue weighted by molar-refractivity contribution is 6.04. The monoisotopic (exact) mass is 654 g/mol. The number of benzene rings is 2. The van der Waals surface area contributed by atoms with Crippen LogP contribution >= 0.6 is 24.8 Å². The van der Waals surface area contributed by atoms with Crippen molar-refractivity contribution in [3.63, 3.8) is 0 Å². The Balaban J connectivity index is 0.00000264. The Labute approximate surface area is 266 Å². The smallest absolute Gasteiger partial charge is 0.481 e. The molecule has 1 amide bonds. The number of nitrogens with zero attached hydrogens (tertiary/aromatic N) is 3. The van der Waals surface area contributed by atoms with Crippen LogP contribution in [0.2, 0.25) is 0 Å². The maximum absolute atomic E-state index is 13.1. The maximum atomic E-state index is 13.1. The number of rotatable bonds is 8. The Morgan fingerprint density at radius 2 is 1.66 bits per heavy atom. The largest absolute Gasteiger partial charge is 0.573 e. The van der Waals surface area contributed by atoms with Crippen LogP contribution in [0.5, 0.6) is 5.75 Å². The molecule has 0 spiro atoms. The number of ether oxygens (including phenoxy) is 1. The zero-order chi connectivity index (χ0) is 29.9. The number of carbonyl (C=O) groups is 2. The Hall–Kier alpha value is -3.54. The number of nitrogens with one attached hydrogen (secondary N) is 1. The van der Waals surface area contributed by atoms with Gasteiger partial charge in [-0.2, -0.15) is 0 Å². The highest BCUT2D eigenvalue weighted by Crippen LogP contribution is 2.31. The molecule has 2 aliphatic heterocycles. The summed E-state index contributed by atoms with van der Waals surface area (Å²) in [6.07, 6.45) is 0.213. The van der Waals surface area contributed by atoms with Crippen molar-refractivity contribution in [2.24, 2.45) is 5.92 Å². The Bertz CT molecular complexity index is 1420. The number of aromatic nitrogens is 1. The van der Waals surface area contributed by atoms with E-state index in [1.54, 1.807) is 30.5 Å². The summed E-state index contributed by atoms with van der Waals surface area (Å²) >= 11 is 0. The van der Waals surface area contributed by atoms with Crippen LogP contribution in [0.1, 0.15) is 48.5 Å². The minimum absolute atomic E-state index is 0. The molecule has 1 aromatic heterocycles. The van der Waals surface area contributed by atoms with Gasteiger partial charge in [0.15, 0.2) is 0 Å². The van der Waals surface area contributed by atoms with Gasteiger partial charge in [-0.05, 0) is 92.7 Å². The number of halogens is 5. The molecule has 0 saturated carbocycles. The van der Waals surface area contributed by atoms with E-state index in [4.69, 9.17) is 0 Å². The average molecular weight is 656 g/mol. The third-order valence-electron chi connectivity index (χ3n) is 8.03. The fourth-order valence-corrected chi connectivity index (χ4v) is 5.64. The molecule has 44 heavy (non-hydrogen) atoms. The first-order chi connectivity index (χ1) is 20.1. The third kappa shape index (κ3) is 8.77. The van der Waals surface area contributed by atoms with E-state index in [0.717, 1.165) is 36.2 Å². The van der Waals surface area contributed by atoms with E-state index in [1.807, 2.05) is 18.2 Å². The van der Waals surface area contributed by atoms with Gasteiger partial charge < -0.3 is 20.1 Å². The van der Waals surface area contributed by atoms with Crippen LogP contribution < -0.4 is 15.0 Å². The third-order valence-corrected chi connectivity index (χ3v) is 8.03. The normalized spacial score (nSPS) is 17.4. The van der Waals surface area contributed by atoms with Crippen molar-refractivity contribution in [3.8, 4) is 16.9 Å². The summed E-state index contributed by atoms with van der Waals surface area (Å²) in [4.78, 5) is 33.2. The second-order valence-corrected chi connectivity index (χ2v) is 10.9. The van der Waals surface area contributed by atoms with Gasteiger partial charge in [-0.1, -0.05) is 12.1 Å². The summed E-state index contributed by atoms with van der Waals surface area (Å²) in [7, 11) is 0. The molecule has 2 N–H and O–H groups in total. The molecule has 2 aliphatic rings. The molecule has 2 fully saturated rings. The Kier molecular flexibility index (Phi) is 11.9. The number of aliphatic carboxylic acids is 1. The molecular formula is C31H35Cl2F3N4O4. The fraction of sp³-hybridized carbons (Fsp3) is 0.387. The number of carboxylic acid groups (broad SMARTS) is 1. The first-order valence-corrected chi connectivity index (χ1v) is 14.0. The molecule has 2 aromatic carbocycles. The molecule has 5 rings (SSSR count). The van der Waals surface area contributed by atoms with Crippen molar-refractivity contribution in [1.82, 2.24) is 9.88 Å².